The maximum Gasteiger partial charge on any atom is 0.0581 e. The highest BCUT2D eigenvalue weighted by molar-refractivity contribution is 5.18. The summed E-state index contributed by atoms with van der Waals surface area (Å²) in [6.45, 7) is 5.28. The van der Waals surface area contributed by atoms with Gasteiger partial charge in [-0.15, -0.1) is 0 Å². The van der Waals surface area contributed by atoms with E-state index in [0.29, 0.717) is 5.92 Å². The summed E-state index contributed by atoms with van der Waals surface area (Å²) < 4.78 is 0. The Morgan fingerprint density at radius 2 is 1.86 bits per heavy atom. The van der Waals surface area contributed by atoms with Crippen molar-refractivity contribution in [2.75, 3.05) is 13.2 Å². The zero-order valence-corrected chi connectivity index (χ0v) is 8.90. The summed E-state index contributed by atoms with van der Waals surface area (Å²) in [6, 6.07) is 10.6. The SMILES string of the molecule is CC(CO)NCC(C)c1ccccc1. The van der Waals surface area contributed by atoms with E-state index in [2.05, 4.69) is 36.5 Å². The van der Waals surface area contributed by atoms with Crippen LogP contribution in [-0.2, 0) is 0 Å². The second kappa shape index (κ2) is 5.78. The average Bonchev–Trinajstić information content (AvgIpc) is 2.26. The molecule has 0 saturated carbocycles. The summed E-state index contributed by atoms with van der Waals surface area (Å²) in [6.07, 6.45) is 0. The first kappa shape index (κ1) is 11.2. The molecule has 0 aliphatic heterocycles. The topological polar surface area (TPSA) is 32.3 Å². The number of nitrogens with one attached hydrogen (secondary N) is 1. The van der Waals surface area contributed by atoms with E-state index in [1.54, 1.807) is 0 Å². The first-order chi connectivity index (χ1) is 6.74. The first-order valence-corrected chi connectivity index (χ1v) is 5.13. The Labute approximate surface area is 86.0 Å². The van der Waals surface area contributed by atoms with Crippen molar-refractivity contribution in [3.05, 3.63) is 35.9 Å². The molecule has 1 aromatic carbocycles. The zero-order valence-electron chi connectivity index (χ0n) is 8.90. The minimum atomic E-state index is 0.182. The van der Waals surface area contributed by atoms with Crippen LogP contribution in [0.15, 0.2) is 30.3 Å². The standard InChI is InChI=1S/C12H19NO/c1-10(8-13-11(2)9-14)12-6-4-3-5-7-12/h3-7,10-11,13-14H,8-9H2,1-2H3. The highest BCUT2D eigenvalue weighted by atomic mass is 16.3. The van der Waals surface area contributed by atoms with Crippen molar-refractivity contribution < 1.29 is 5.11 Å². The molecule has 14 heavy (non-hydrogen) atoms. The van der Waals surface area contributed by atoms with E-state index in [-0.39, 0.29) is 12.6 Å². The fraction of sp³-hybridized carbons (Fsp3) is 0.500. The molecule has 0 saturated heterocycles. The van der Waals surface area contributed by atoms with Gasteiger partial charge in [-0.1, -0.05) is 37.3 Å². The van der Waals surface area contributed by atoms with E-state index in [1.165, 1.54) is 5.56 Å². The number of aliphatic hydroxyl groups is 1. The van der Waals surface area contributed by atoms with E-state index in [9.17, 15) is 0 Å². The van der Waals surface area contributed by atoms with Crippen LogP contribution in [0.5, 0.6) is 0 Å². The summed E-state index contributed by atoms with van der Waals surface area (Å²) in [7, 11) is 0. The van der Waals surface area contributed by atoms with Crippen molar-refractivity contribution in [1.82, 2.24) is 5.32 Å². The van der Waals surface area contributed by atoms with Crippen LogP contribution in [-0.4, -0.2) is 24.3 Å². The minimum absolute atomic E-state index is 0.182. The van der Waals surface area contributed by atoms with Gasteiger partial charge in [-0.3, -0.25) is 0 Å². The highest BCUT2D eigenvalue weighted by Gasteiger charge is 2.05. The molecule has 0 bridgehead atoms. The molecule has 0 heterocycles. The molecule has 2 atom stereocenters. The monoisotopic (exact) mass is 193 g/mol. The summed E-state index contributed by atoms with van der Waals surface area (Å²) >= 11 is 0. The van der Waals surface area contributed by atoms with Crippen LogP contribution in [0, 0.1) is 0 Å². The molecular formula is C12H19NO. The van der Waals surface area contributed by atoms with Crippen LogP contribution >= 0.6 is 0 Å². The van der Waals surface area contributed by atoms with Gasteiger partial charge in [0.25, 0.3) is 0 Å². The Kier molecular flexibility index (Phi) is 4.63. The molecule has 2 nitrogen and oxygen atoms in total. The molecule has 0 fully saturated rings. The van der Waals surface area contributed by atoms with Crippen LogP contribution in [0.4, 0.5) is 0 Å². The molecule has 1 aromatic rings. The lowest BCUT2D eigenvalue weighted by molar-refractivity contribution is 0.250. The van der Waals surface area contributed by atoms with E-state index < -0.39 is 0 Å². The average molecular weight is 193 g/mol. The third kappa shape index (κ3) is 3.48. The number of rotatable bonds is 5. The van der Waals surface area contributed by atoms with Gasteiger partial charge in [0.05, 0.1) is 6.61 Å². The Morgan fingerprint density at radius 1 is 1.21 bits per heavy atom. The molecule has 2 N–H and O–H groups in total. The van der Waals surface area contributed by atoms with Crippen molar-refractivity contribution in [2.45, 2.75) is 25.8 Å². The molecule has 2 unspecified atom stereocenters. The fourth-order valence-corrected chi connectivity index (χ4v) is 1.34. The number of aliphatic hydroxyl groups excluding tert-OH is 1. The molecule has 2 heteroatoms. The molecule has 1 rings (SSSR count). The molecule has 0 radical (unpaired) electrons. The summed E-state index contributed by atoms with van der Waals surface area (Å²) in [5.74, 6) is 0.491. The molecule has 0 aliphatic carbocycles. The van der Waals surface area contributed by atoms with Crippen LogP contribution < -0.4 is 5.32 Å². The Balaban J connectivity index is 2.39. The van der Waals surface area contributed by atoms with E-state index in [0.717, 1.165) is 6.54 Å². The van der Waals surface area contributed by atoms with Gasteiger partial charge in [-0.05, 0) is 18.4 Å². The Bertz CT molecular complexity index is 248. The van der Waals surface area contributed by atoms with Crippen LogP contribution in [0.1, 0.15) is 25.3 Å². The lowest BCUT2D eigenvalue weighted by Crippen LogP contribution is -2.32. The van der Waals surface area contributed by atoms with Gasteiger partial charge < -0.3 is 10.4 Å². The van der Waals surface area contributed by atoms with Crippen LogP contribution in [0.2, 0.25) is 0 Å². The quantitative estimate of drug-likeness (QED) is 0.747. The molecule has 0 amide bonds. The van der Waals surface area contributed by atoms with Gasteiger partial charge in [0.1, 0.15) is 0 Å². The number of hydrogen-bond donors (Lipinski definition) is 2. The number of hydrogen-bond acceptors (Lipinski definition) is 2. The third-order valence-electron chi connectivity index (χ3n) is 2.41. The summed E-state index contributed by atoms with van der Waals surface area (Å²) in [5.41, 5.74) is 1.34. The van der Waals surface area contributed by atoms with Crippen molar-refractivity contribution >= 4 is 0 Å². The molecular weight excluding hydrogens is 174 g/mol. The number of benzene rings is 1. The van der Waals surface area contributed by atoms with Crippen molar-refractivity contribution in [3.8, 4) is 0 Å². The Hall–Kier alpha value is -0.860. The van der Waals surface area contributed by atoms with Crippen LogP contribution in [0.25, 0.3) is 0 Å². The predicted octanol–water partition coefficient (Wildman–Crippen LogP) is 1.76. The predicted molar refractivity (Wildman–Crippen MR) is 59.4 cm³/mol. The highest BCUT2D eigenvalue weighted by Crippen LogP contribution is 2.12. The lowest BCUT2D eigenvalue weighted by Gasteiger charge is -2.16. The van der Waals surface area contributed by atoms with Crippen molar-refractivity contribution in [1.29, 1.82) is 0 Å². The van der Waals surface area contributed by atoms with E-state index >= 15 is 0 Å². The lowest BCUT2D eigenvalue weighted by atomic mass is 10.0. The maximum absolute atomic E-state index is 8.86. The van der Waals surface area contributed by atoms with Gasteiger partial charge in [0, 0.05) is 12.6 Å². The van der Waals surface area contributed by atoms with Crippen LogP contribution in [0.3, 0.4) is 0 Å². The zero-order chi connectivity index (χ0) is 10.4. The molecule has 78 valence electrons. The smallest absolute Gasteiger partial charge is 0.0581 e. The van der Waals surface area contributed by atoms with Crippen molar-refractivity contribution in [3.63, 3.8) is 0 Å². The van der Waals surface area contributed by atoms with Gasteiger partial charge in [-0.2, -0.15) is 0 Å². The van der Waals surface area contributed by atoms with Gasteiger partial charge in [0.2, 0.25) is 0 Å². The largest absolute Gasteiger partial charge is 0.395 e. The molecule has 0 aliphatic rings. The van der Waals surface area contributed by atoms with E-state index in [4.69, 9.17) is 5.11 Å². The Morgan fingerprint density at radius 3 is 2.43 bits per heavy atom. The fourth-order valence-electron chi connectivity index (χ4n) is 1.34. The maximum atomic E-state index is 8.86. The second-order valence-electron chi connectivity index (χ2n) is 3.80. The second-order valence-corrected chi connectivity index (χ2v) is 3.80. The van der Waals surface area contributed by atoms with Gasteiger partial charge in [-0.25, -0.2) is 0 Å². The van der Waals surface area contributed by atoms with E-state index in [1.807, 2.05) is 13.0 Å². The summed E-state index contributed by atoms with van der Waals surface area (Å²) in [5, 5.41) is 12.1. The minimum Gasteiger partial charge on any atom is -0.395 e. The molecule has 0 aromatic heterocycles. The van der Waals surface area contributed by atoms with Crippen molar-refractivity contribution in [2.24, 2.45) is 0 Å². The first-order valence-electron chi connectivity index (χ1n) is 5.13. The van der Waals surface area contributed by atoms with Gasteiger partial charge >= 0.3 is 0 Å². The van der Waals surface area contributed by atoms with Gasteiger partial charge in [0.15, 0.2) is 0 Å². The summed E-state index contributed by atoms with van der Waals surface area (Å²) in [4.78, 5) is 0. The normalized spacial score (nSPS) is 15.1. The molecule has 0 spiro atoms. The third-order valence-corrected chi connectivity index (χ3v) is 2.41.